The third-order valence-corrected chi connectivity index (χ3v) is 3.23. The Balaban J connectivity index is 2.77. The van der Waals surface area contributed by atoms with E-state index < -0.39 is 0 Å². The number of nitrogens with zero attached hydrogens (tertiary/aromatic N) is 2. The Hall–Kier alpha value is -1.32. The van der Waals surface area contributed by atoms with Gasteiger partial charge in [-0.05, 0) is 25.7 Å². The zero-order chi connectivity index (χ0) is 11.0. The molecule has 15 heavy (non-hydrogen) atoms. The van der Waals surface area contributed by atoms with E-state index in [1.54, 1.807) is 18.7 Å². The van der Waals surface area contributed by atoms with Crippen LogP contribution >= 0.6 is 0 Å². The van der Waals surface area contributed by atoms with Crippen molar-refractivity contribution >= 4 is 0 Å². The van der Waals surface area contributed by atoms with E-state index in [1.165, 1.54) is 4.57 Å². The zero-order valence-corrected chi connectivity index (χ0v) is 9.25. The zero-order valence-electron chi connectivity index (χ0n) is 9.25. The molecule has 4 heteroatoms. The van der Waals surface area contributed by atoms with Gasteiger partial charge in [0.1, 0.15) is 0 Å². The number of hydrogen-bond donors (Lipinski definition) is 0. The standard InChI is InChI=1S/C11H16N2O2/c1-12-9-7-5-3-4-6-8(9)10(14)13(2)11(12)15/h3-7H2,1-2H3. The largest absolute Gasteiger partial charge is 0.330 e. The van der Waals surface area contributed by atoms with Crippen molar-refractivity contribution in [1.29, 1.82) is 0 Å². The van der Waals surface area contributed by atoms with Gasteiger partial charge in [-0.25, -0.2) is 4.79 Å². The normalized spacial score (nSPS) is 15.9. The summed E-state index contributed by atoms with van der Waals surface area (Å²) in [5.41, 5.74) is 1.48. The molecular weight excluding hydrogens is 192 g/mol. The minimum absolute atomic E-state index is 0.102. The second-order valence-corrected chi connectivity index (χ2v) is 4.19. The molecular formula is C11H16N2O2. The van der Waals surface area contributed by atoms with Gasteiger partial charge in [-0.15, -0.1) is 0 Å². The van der Waals surface area contributed by atoms with Gasteiger partial charge in [0.25, 0.3) is 5.56 Å². The summed E-state index contributed by atoms with van der Waals surface area (Å²) < 4.78 is 2.84. The summed E-state index contributed by atoms with van der Waals surface area (Å²) in [4.78, 5) is 23.6. The van der Waals surface area contributed by atoms with Crippen molar-refractivity contribution in [2.75, 3.05) is 0 Å². The monoisotopic (exact) mass is 208 g/mol. The van der Waals surface area contributed by atoms with Gasteiger partial charge < -0.3 is 4.57 Å². The van der Waals surface area contributed by atoms with Crippen LogP contribution in [0.15, 0.2) is 9.59 Å². The van der Waals surface area contributed by atoms with Crippen LogP contribution in [0.4, 0.5) is 0 Å². The van der Waals surface area contributed by atoms with E-state index in [0.29, 0.717) is 0 Å². The third-order valence-electron chi connectivity index (χ3n) is 3.23. The number of hydrogen-bond acceptors (Lipinski definition) is 2. The second-order valence-electron chi connectivity index (χ2n) is 4.19. The SMILES string of the molecule is Cn1c2c(c(=O)n(C)c1=O)CCCCC2. The molecule has 0 radical (unpaired) electrons. The van der Waals surface area contributed by atoms with E-state index in [0.717, 1.165) is 43.4 Å². The molecule has 0 spiro atoms. The molecule has 0 aromatic carbocycles. The van der Waals surface area contributed by atoms with Gasteiger partial charge in [0.2, 0.25) is 0 Å². The van der Waals surface area contributed by atoms with Gasteiger partial charge in [0.05, 0.1) is 0 Å². The van der Waals surface area contributed by atoms with Gasteiger partial charge in [-0.1, -0.05) is 6.42 Å². The molecule has 2 rings (SSSR count). The quantitative estimate of drug-likeness (QED) is 0.577. The molecule has 0 bridgehead atoms. The highest BCUT2D eigenvalue weighted by Gasteiger charge is 2.16. The van der Waals surface area contributed by atoms with Gasteiger partial charge in [-0.3, -0.25) is 9.36 Å². The van der Waals surface area contributed by atoms with Crippen LogP contribution in [0.25, 0.3) is 0 Å². The topological polar surface area (TPSA) is 44.0 Å². The lowest BCUT2D eigenvalue weighted by atomic mass is 10.1. The van der Waals surface area contributed by atoms with Crippen molar-refractivity contribution in [3.8, 4) is 0 Å². The van der Waals surface area contributed by atoms with Crippen LogP contribution in [0.2, 0.25) is 0 Å². The van der Waals surface area contributed by atoms with E-state index in [2.05, 4.69) is 0 Å². The van der Waals surface area contributed by atoms with E-state index >= 15 is 0 Å². The fourth-order valence-electron chi connectivity index (χ4n) is 2.30. The van der Waals surface area contributed by atoms with Crippen LogP contribution in [-0.2, 0) is 26.9 Å². The summed E-state index contributed by atoms with van der Waals surface area (Å²) in [6, 6.07) is 0. The van der Waals surface area contributed by atoms with Crippen molar-refractivity contribution in [2.45, 2.75) is 32.1 Å². The predicted molar refractivity (Wildman–Crippen MR) is 58.2 cm³/mol. The van der Waals surface area contributed by atoms with E-state index in [9.17, 15) is 9.59 Å². The Labute approximate surface area is 88.2 Å². The molecule has 0 N–H and O–H groups in total. The summed E-state index contributed by atoms with van der Waals surface area (Å²) in [7, 11) is 3.31. The van der Waals surface area contributed by atoms with Crippen molar-refractivity contribution in [3.63, 3.8) is 0 Å². The first-order chi connectivity index (χ1) is 7.13. The van der Waals surface area contributed by atoms with Crippen LogP contribution in [0.3, 0.4) is 0 Å². The molecule has 1 aliphatic carbocycles. The predicted octanol–water partition coefficient (Wildman–Crippen LogP) is 0.353. The van der Waals surface area contributed by atoms with E-state index in [1.807, 2.05) is 0 Å². The lowest BCUT2D eigenvalue weighted by Gasteiger charge is -2.12. The molecule has 1 heterocycles. The minimum Gasteiger partial charge on any atom is -0.300 e. The van der Waals surface area contributed by atoms with Gasteiger partial charge in [-0.2, -0.15) is 0 Å². The molecule has 0 saturated heterocycles. The maximum Gasteiger partial charge on any atom is 0.330 e. The van der Waals surface area contributed by atoms with Gasteiger partial charge in [0, 0.05) is 25.4 Å². The average molecular weight is 208 g/mol. The van der Waals surface area contributed by atoms with Crippen LogP contribution < -0.4 is 11.2 Å². The Morgan fingerprint density at radius 1 is 0.933 bits per heavy atom. The highest BCUT2D eigenvalue weighted by atomic mass is 16.2. The summed E-state index contributed by atoms with van der Waals surface area (Å²) in [6.07, 6.45) is 4.95. The Morgan fingerprint density at radius 3 is 2.33 bits per heavy atom. The Kier molecular flexibility index (Phi) is 2.50. The number of fused-ring (bicyclic) bond motifs is 1. The Morgan fingerprint density at radius 2 is 1.60 bits per heavy atom. The molecule has 1 aliphatic rings. The fraction of sp³-hybridized carbons (Fsp3) is 0.636. The Bertz CT molecular complexity index is 497. The molecule has 0 atom stereocenters. The molecule has 1 aromatic rings. The first kappa shape index (κ1) is 10.2. The first-order valence-corrected chi connectivity index (χ1v) is 5.40. The van der Waals surface area contributed by atoms with Crippen LogP contribution in [0, 0.1) is 0 Å². The first-order valence-electron chi connectivity index (χ1n) is 5.40. The minimum atomic E-state index is -0.208. The molecule has 0 amide bonds. The smallest absolute Gasteiger partial charge is 0.300 e. The van der Waals surface area contributed by atoms with Crippen molar-refractivity contribution < 1.29 is 0 Å². The summed E-state index contributed by atoms with van der Waals surface area (Å²) in [5.74, 6) is 0. The summed E-state index contributed by atoms with van der Waals surface area (Å²) >= 11 is 0. The average Bonchev–Trinajstić information content (AvgIpc) is 2.48. The molecule has 1 aromatic heterocycles. The van der Waals surface area contributed by atoms with Crippen LogP contribution in [0.5, 0.6) is 0 Å². The van der Waals surface area contributed by atoms with Gasteiger partial charge in [0.15, 0.2) is 0 Å². The van der Waals surface area contributed by atoms with Crippen LogP contribution in [0.1, 0.15) is 30.5 Å². The number of aromatic nitrogens is 2. The third kappa shape index (κ3) is 1.54. The maximum absolute atomic E-state index is 11.9. The molecule has 82 valence electrons. The maximum atomic E-state index is 11.9. The molecule has 4 nitrogen and oxygen atoms in total. The second kappa shape index (κ2) is 3.68. The van der Waals surface area contributed by atoms with E-state index in [-0.39, 0.29) is 11.2 Å². The molecule has 0 fully saturated rings. The van der Waals surface area contributed by atoms with Crippen LogP contribution in [-0.4, -0.2) is 9.13 Å². The van der Waals surface area contributed by atoms with Crippen molar-refractivity contribution in [3.05, 3.63) is 32.1 Å². The number of rotatable bonds is 0. The molecule has 0 unspecified atom stereocenters. The lowest BCUT2D eigenvalue weighted by Crippen LogP contribution is -2.40. The highest BCUT2D eigenvalue weighted by Crippen LogP contribution is 2.15. The summed E-state index contributed by atoms with van der Waals surface area (Å²) in [6.45, 7) is 0. The van der Waals surface area contributed by atoms with E-state index in [4.69, 9.17) is 0 Å². The summed E-state index contributed by atoms with van der Waals surface area (Å²) in [5, 5.41) is 0. The van der Waals surface area contributed by atoms with Crippen molar-refractivity contribution in [1.82, 2.24) is 9.13 Å². The fourth-order valence-corrected chi connectivity index (χ4v) is 2.30. The molecule has 0 saturated carbocycles. The van der Waals surface area contributed by atoms with Crippen molar-refractivity contribution in [2.24, 2.45) is 14.1 Å². The lowest BCUT2D eigenvalue weighted by molar-refractivity contribution is 0.633. The van der Waals surface area contributed by atoms with Gasteiger partial charge >= 0.3 is 5.69 Å². The highest BCUT2D eigenvalue weighted by molar-refractivity contribution is 5.19. The molecule has 0 aliphatic heterocycles.